The maximum atomic E-state index is 9.91. The Balaban J connectivity index is 2.37. The molecule has 1 aliphatic heterocycles. The van der Waals surface area contributed by atoms with E-state index in [2.05, 4.69) is 5.32 Å². The summed E-state index contributed by atoms with van der Waals surface area (Å²) in [5.74, 6) is 1.39. The number of aliphatic hydroxyl groups is 1. The SMILES string of the molecule is CNCC(O)c1cc(C)cc2c1OCO2. The van der Waals surface area contributed by atoms with Crippen LogP contribution in [-0.4, -0.2) is 25.5 Å². The van der Waals surface area contributed by atoms with Gasteiger partial charge >= 0.3 is 0 Å². The first kappa shape index (κ1) is 10.3. The van der Waals surface area contributed by atoms with Crippen molar-refractivity contribution < 1.29 is 14.6 Å². The number of ether oxygens (including phenoxy) is 2. The summed E-state index contributed by atoms with van der Waals surface area (Å²) in [6.45, 7) is 2.70. The zero-order valence-corrected chi connectivity index (χ0v) is 8.91. The van der Waals surface area contributed by atoms with Crippen molar-refractivity contribution >= 4 is 0 Å². The van der Waals surface area contributed by atoms with Crippen LogP contribution in [0.3, 0.4) is 0 Å². The molecule has 1 aromatic rings. The molecule has 4 nitrogen and oxygen atoms in total. The van der Waals surface area contributed by atoms with Crippen LogP contribution in [0.1, 0.15) is 17.2 Å². The summed E-state index contributed by atoms with van der Waals surface area (Å²) in [4.78, 5) is 0. The second-order valence-electron chi connectivity index (χ2n) is 3.66. The van der Waals surface area contributed by atoms with Gasteiger partial charge in [-0.15, -0.1) is 0 Å². The fourth-order valence-electron chi connectivity index (χ4n) is 1.73. The van der Waals surface area contributed by atoms with Crippen molar-refractivity contribution in [3.63, 3.8) is 0 Å². The standard InChI is InChI=1S/C11H15NO3/c1-7-3-8(9(13)5-12-2)11-10(4-7)14-6-15-11/h3-4,9,12-13H,5-6H2,1-2H3. The molecule has 0 saturated carbocycles. The summed E-state index contributed by atoms with van der Waals surface area (Å²) in [5.41, 5.74) is 1.85. The Morgan fingerprint density at radius 2 is 2.27 bits per heavy atom. The van der Waals surface area contributed by atoms with E-state index in [1.165, 1.54) is 0 Å². The lowest BCUT2D eigenvalue weighted by Gasteiger charge is -2.13. The number of nitrogens with one attached hydrogen (secondary N) is 1. The highest BCUT2D eigenvalue weighted by atomic mass is 16.7. The van der Waals surface area contributed by atoms with Crippen LogP contribution in [0.4, 0.5) is 0 Å². The Morgan fingerprint density at radius 1 is 1.47 bits per heavy atom. The number of aliphatic hydroxyl groups excluding tert-OH is 1. The van der Waals surface area contributed by atoms with Crippen LogP contribution in [0, 0.1) is 6.92 Å². The molecule has 1 aliphatic rings. The average Bonchev–Trinajstić information content (AvgIpc) is 2.64. The van der Waals surface area contributed by atoms with Crippen molar-refractivity contribution in [1.82, 2.24) is 5.32 Å². The fraction of sp³-hybridized carbons (Fsp3) is 0.455. The average molecular weight is 209 g/mol. The molecule has 0 spiro atoms. The van der Waals surface area contributed by atoms with Gasteiger partial charge in [0.25, 0.3) is 0 Å². The van der Waals surface area contributed by atoms with E-state index in [0.29, 0.717) is 12.3 Å². The molecule has 2 rings (SSSR count). The normalized spacial score (nSPS) is 15.4. The van der Waals surface area contributed by atoms with Crippen molar-refractivity contribution in [2.45, 2.75) is 13.0 Å². The lowest BCUT2D eigenvalue weighted by atomic mass is 10.0. The van der Waals surface area contributed by atoms with Gasteiger partial charge in [-0.25, -0.2) is 0 Å². The van der Waals surface area contributed by atoms with Crippen LogP contribution in [0.25, 0.3) is 0 Å². The molecule has 1 heterocycles. The molecule has 0 aromatic heterocycles. The van der Waals surface area contributed by atoms with Gasteiger partial charge in [0.1, 0.15) is 0 Å². The van der Waals surface area contributed by atoms with Crippen LogP contribution in [0.5, 0.6) is 11.5 Å². The summed E-state index contributed by atoms with van der Waals surface area (Å²) in [6.07, 6.45) is -0.564. The summed E-state index contributed by atoms with van der Waals surface area (Å²) in [5, 5.41) is 12.8. The quantitative estimate of drug-likeness (QED) is 0.779. The zero-order valence-electron chi connectivity index (χ0n) is 8.91. The molecule has 2 N–H and O–H groups in total. The Labute approximate surface area is 88.8 Å². The van der Waals surface area contributed by atoms with Gasteiger partial charge in [-0.05, 0) is 31.7 Å². The number of fused-ring (bicyclic) bond motifs is 1. The second-order valence-corrected chi connectivity index (χ2v) is 3.66. The minimum atomic E-state index is -0.564. The van der Waals surface area contributed by atoms with Gasteiger partial charge in [0, 0.05) is 12.1 Å². The number of hydrogen-bond donors (Lipinski definition) is 2. The highest BCUT2D eigenvalue weighted by molar-refractivity contribution is 5.51. The number of benzene rings is 1. The second kappa shape index (κ2) is 4.08. The fourth-order valence-corrected chi connectivity index (χ4v) is 1.73. The first-order valence-electron chi connectivity index (χ1n) is 4.95. The van der Waals surface area contributed by atoms with Crippen LogP contribution >= 0.6 is 0 Å². The Bertz CT molecular complexity index is 365. The molecule has 1 unspecified atom stereocenters. The zero-order chi connectivity index (χ0) is 10.8. The molecule has 0 radical (unpaired) electrons. The van der Waals surface area contributed by atoms with Crippen molar-refractivity contribution in [3.8, 4) is 11.5 Å². The molecule has 4 heteroatoms. The van der Waals surface area contributed by atoms with Crippen LogP contribution < -0.4 is 14.8 Å². The Morgan fingerprint density at radius 3 is 3.00 bits per heavy atom. The molecule has 0 saturated heterocycles. The molecule has 0 amide bonds. The van der Waals surface area contributed by atoms with E-state index in [9.17, 15) is 5.11 Å². The van der Waals surface area contributed by atoms with Crippen molar-refractivity contribution in [2.75, 3.05) is 20.4 Å². The predicted octanol–water partition coefficient (Wildman–Crippen LogP) is 0.977. The van der Waals surface area contributed by atoms with Gasteiger partial charge in [0.15, 0.2) is 11.5 Å². The van der Waals surface area contributed by atoms with E-state index >= 15 is 0 Å². The highest BCUT2D eigenvalue weighted by Gasteiger charge is 2.22. The van der Waals surface area contributed by atoms with Gasteiger partial charge < -0.3 is 19.9 Å². The monoisotopic (exact) mass is 209 g/mol. The van der Waals surface area contributed by atoms with Gasteiger partial charge in [0.05, 0.1) is 6.10 Å². The molecular formula is C11H15NO3. The molecule has 0 bridgehead atoms. The Hall–Kier alpha value is -1.26. The van der Waals surface area contributed by atoms with E-state index in [4.69, 9.17) is 9.47 Å². The largest absolute Gasteiger partial charge is 0.454 e. The molecule has 0 fully saturated rings. The molecule has 1 atom stereocenters. The highest BCUT2D eigenvalue weighted by Crippen LogP contribution is 2.39. The van der Waals surface area contributed by atoms with E-state index in [0.717, 1.165) is 16.9 Å². The van der Waals surface area contributed by atoms with Crippen LogP contribution in [0.15, 0.2) is 12.1 Å². The summed E-state index contributed by atoms with van der Waals surface area (Å²) in [6, 6.07) is 3.84. The summed E-state index contributed by atoms with van der Waals surface area (Å²) in [7, 11) is 1.80. The van der Waals surface area contributed by atoms with Crippen LogP contribution in [0.2, 0.25) is 0 Å². The molecule has 1 aromatic carbocycles. The predicted molar refractivity (Wildman–Crippen MR) is 56.2 cm³/mol. The van der Waals surface area contributed by atoms with Crippen molar-refractivity contribution in [2.24, 2.45) is 0 Å². The third kappa shape index (κ3) is 1.91. The number of rotatable bonds is 3. The topological polar surface area (TPSA) is 50.7 Å². The first-order valence-corrected chi connectivity index (χ1v) is 4.95. The van der Waals surface area contributed by atoms with Gasteiger partial charge in [-0.3, -0.25) is 0 Å². The lowest BCUT2D eigenvalue weighted by molar-refractivity contribution is 0.157. The van der Waals surface area contributed by atoms with Crippen LogP contribution in [-0.2, 0) is 0 Å². The Kier molecular flexibility index (Phi) is 2.79. The molecular weight excluding hydrogens is 194 g/mol. The van der Waals surface area contributed by atoms with E-state index in [-0.39, 0.29) is 6.79 Å². The van der Waals surface area contributed by atoms with Gasteiger partial charge in [-0.2, -0.15) is 0 Å². The maximum absolute atomic E-state index is 9.91. The van der Waals surface area contributed by atoms with Gasteiger partial charge in [0.2, 0.25) is 6.79 Å². The third-order valence-corrected chi connectivity index (χ3v) is 2.40. The van der Waals surface area contributed by atoms with E-state index < -0.39 is 6.10 Å². The summed E-state index contributed by atoms with van der Waals surface area (Å²) < 4.78 is 10.6. The van der Waals surface area contributed by atoms with Crippen molar-refractivity contribution in [3.05, 3.63) is 23.3 Å². The van der Waals surface area contributed by atoms with Gasteiger partial charge in [-0.1, -0.05) is 0 Å². The molecule has 82 valence electrons. The lowest BCUT2D eigenvalue weighted by Crippen LogP contribution is -2.17. The number of hydrogen-bond acceptors (Lipinski definition) is 4. The molecule has 15 heavy (non-hydrogen) atoms. The van der Waals surface area contributed by atoms with E-state index in [1.807, 2.05) is 19.1 Å². The summed E-state index contributed by atoms with van der Waals surface area (Å²) >= 11 is 0. The minimum absolute atomic E-state index is 0.234. The number of aryl methyl sites for hydroxylation is 1. The smallest absolute Gasteiger partial charge is 0.231 e. The third-order valence-electron chi connectivity index (χ3n) is 2.40. The number of likely N-dealkylation sites (N-methyl/N-ethyl adjacent to an activating group) is 1. The maximum Gasteiger partial charge on any atom is 0.231 e. The minimum Gasteiger partial charge on any atom is -0.454 e. The van der Waals surface area contributed by atoms with Crippen molar-refractivity contribution in [1.29, 1.82) is 0 Å². The molecule has 0 aliphatic carbocycles. The van der Waals surface area contributed by atoms with E-state index in [1.54, 1.807) is 7.05 Å². The first-order chi connectivity index (χ1) is 7.22.